The summed E-state index contributed by atoms with van der Waals surface area (Å²) in [6.07, 6.45) is 3.86. The Bertz CT molecular complexity index is 1890. The average Bonchev–Trinajstić information content (AvgIpc) is 3.70. The third-order valence-electron chi connectivity index (χ3n) is 6.80. The molecule has 0 radical (unpaired) electrons. The summed E-state index contributed by atoms with van der Waals surface area (Å²) in [5.74, 6) is 0. The average molecular weight is 499 g/mol. The summed E-state index contributed by atoms with van der Waals surface area (Å²) in [6, 6.07) is 34.7. The normalized spacial score (nSPS) is 11.6. The van der Waals surface area contributed by atoms with Crippen LogP contribution in [0.5, 0.6) is 0 Å². The zero-order valence-electron chi connectivity index (χ0n) is 19.5. The Balaban J connectivity index is 1.36. The number of nitrogens with zero attached hydrogens (tertiary/aromatic N) is 2. The third kappa shape index (κ3) is 3.02. The lowest BCUT2D eigenvalue weighted by atomic mass is 10.1. The van der Waals surface area contributed by atoms with E-state index in [2.05, 4.69) is 119 Å². The van der Waals surface area contributed by atoms with Gasteiger partial charge in [-0.05, 0) is 48.5 Å². The number of fused-ring (bicyclic) bond motifs is 4. The summed E-state index contributed by atoms with van der Waals surface area (Å²) in [7, 11) is 0. The molecule has 0 N–H and O–H groups in total. The van der Waals surface area contributed by atoms with Crippen molar-refractivity contribution in [1.82, 2.24) is 9.13 Å². The van der Waals surface area contributed by atoms with Crippen molar-refractivity contribution in [1.29, 1.82) is 0 Å². The molecule has 2 nitrogen and oxygen atoms in total. The molecule has 0 fully saturated rings. The predicted octanol–water partition coefficient (Wildman–Crippen LogP) is 9.80. The number of benzene rings is 3. The number of hydrogen-bond donors (Lipinski definition) is 0. The molecule has 0 bridgehead atoms. The maximum absolute atomic E-state index is 4.10. The van der Waals surface area contributed by atoms with Crippen molar-refractivity contribution in [3.8, 4) is 19.8 Å². The number of thiophene rings is 2. The van der Waals surface area contributed by atoms with Crippen LogP contribution in [0.25, 0.3) is 64.6 Å². The maximum atomic E-state index is 4.10. The fraction of sp³-hybridized carbons (Fsp3) is 0. The van der Waals surface area contributed by atoms with Crippen molar-refractivity contribution in [2.24, 2.45) is 0 Å². The van der Waals surface area contributed by atoms with Gasteiger partial charge in [-0.3, -0.25) is 0 Å². The lowest BCUT2D eigenvalue weighted by molar-refractivity contribution is 1.14. The topological polar surface area (TPSA) is 9.86 Å². The van der Waals surface area contributed by atoms with Crippen molar-refractivity contribution in [3.05, 3.63) is 121 Å². The first-order valence-electron chi connectivity index (χ1n) is 11.9. The Morgan fingerprint density at radius 1 is 0.500 bits per heavy atom. The monoisotopic (exact) mass is 498 g/mol. The Labute approximate surface area is 217 Å². The molecule has 4 heteroatoms. The van der Waals surface area contributed by atoms with Gasteiger partial charge < -0.3 is 9.13 Å². The molecule has 7 aromatic rings. The molecular formula is C32H22N2S2. The Morgan fingerprint density at radius 2 is 0.972 bits per heavy atom. The van der Waals surface area contributed by atoms with E-state index in [0.717, 1.165) is 11.3 Å². The molecule has 0 aliphatic carbocycles. The largest absolute Gasteiger partial charge is 0.301 e. The maximum Gasteiger partial charge on any atom is 0.101 e. The van der Waals surface area contributed by atoms with Crippen LogP contribution < -0.4 is 0 Å². The van der Waals surface area contributed by atoms with E-state index in [9.17, 15) is 0 Å². The lowest BCUT2D eigenvalue weighted by Gasteiger charge is -2.05. The van der Waals surface area contributed by atoms with E-state index in [0.29, 0.717) is 0 Å². The molecule has 7 rings (SSSR count). The van der Waals surface area contributed by atoms with Gasteiger partial charge in [0.05, 0.1) is 22.2 Å². The molecule has 0 saturated carbocycles. The molecule has 0 spiro atoms. The standard InChI is InChI=1S/C32H22N2S2/c1-3-21-22-11-5-8-14-26(22)33(25(21)4-2)31-19-17-29(35-31)30-18-20-32(36-30)34-27-15-9-6-12-23(27)24-13-7-10-16-28(24)34/h3-20H,1-2H2. The lowest BCUT2D eigenvalue weighted by Crippen LogP contribution is -1.93. The molecule has 36 heavy (non-hydrogen) atoms. The molecule has 0 atom stereocenters. The Kier molecular flexibility index (Phi) is 4.84. The van der Waals surface area contributed by atoms with Gasteiger partial charge in [0.2, 0.25) is 0 Å². The quantitative estimate of drug-likeness (QED) is 0.223. The highest BCUT2D eigenvalue weighted by Crippen LogP contribution is 2.41. The Morgan fingerprint density at radius 3 is 1.50 bits per heavy atom. The van der Waals surface area contributed by atoms with Crippen molar-refractivity contribution in [2.45, 2.75) is 0 Å². The van der Waals surface area contributed by atoms with E-state index in [1.165, 1.54) is 52.5 Å². The first kappa shape index (κ1) is 21.2. The van der Waals surface area contributed by atoms with Gasteiger partial charge in [0, 0.05) is 31.5 Å². The van der Waals surface area contributed by atoms with Gasteiger partial charge in [0.25, 0.3) is 0 Å². The van der Waals surface area contributed by atoms with E-state index < -0.39 is 0 Å². The van der Waals surface area contributed by atoms with Gasteiger partial charge in [0.1, 0.15) is 10.0 Å². The smallest absolute Gasteiger partial charge is 0.101 e. The van der Waals surface area contributed by atoms with E-state index in [1.807, 2.05) is 34.8 Å². The summed E-state index contributed by atoms with van der Waals surface area (Å²) in [5.41, 5.74) is 5.86. The summed E-state index contributed by atoms with van der Waals surface area (Å²) < 4.78 is 4.69. The molecular weight excluding hydrogens is 477 g/mol. The van der Waals surface area contributed by atoms with Crippen molar-refractivity contribution in [2.75, 3.05) is 0 Å². The van der Waals surface area contributed by atoms with Gasteiger partial charge in [-0.15, -0.1) is 22.7 Å². The van der Waals surface area contributed by atoms with Crippen LogP contribution in [0.1, 0.15) is 11.3 Å². The van der Waals surface area contributed by atoms with Crippen molar-refractivity contribution < 1.29 is 0 Å². The fourth-order valence-corrected chi connectivity index (χ4v) is 7.42. The van der Waals surface area contributed by atoms with Gasteiger partial charge in [-0.2, -0.15) is 0 Å². The molecule has 0 amide bonds. The second-order valence-electron chi connectivity index (χ2n) is 8.71. The molecule has 4 aromatic heterocycles. The predicted molar refractivity (Wildman–Crippen MR) is 159 cm³/mol. The van der Waals surface area contributed by atoms with Crippen LogP contribution in [0, 0.1) is 0 Å². The van der Waals surface area contributed by atoms with E-state index >= 15 is 0 Å². The van der Waals surface area contributed by atoms with Crippen molar-refractivity contribution in [3.63, 3.8) is 0 Å². The molecule has 0 saturated heterocycles. The minimum absolute atomic E-state index is 1.08. The van der Waals surface area contributed by atoms with Crippen LogP contribution in [0.3, 0.4) is 0 Å². The number of hydrogen-bond acceptors (Lipinski definition) is 2. The summed E-state index contributed by atoms with van der Waals surface area (Å²) in [5, 5.41) is 6.18. The molecule has 4 heterocycles. The first-order chi connectivity index (χ1) is 17.8. The molecule has 0 aliphatic heterocycles. The fourth-order valence-electron chi connectivity index (χ4n) is 5.26. The van der Waals surface area contributed by atoms with Gasteiger partial charge in [-0.25, -0.2) is 0 Å². The number of para-hydroxylation sites is 3. The van der Waals surface area contributed by atoms with Crippen LogP contribution in [-0.2, 0) is 0 Å². The third-order valence-corrected chi connectivity index (χ3v) is 9.13. The number of rotatable bonds is 5. The highest BCUT2D eigenvalue weighted by atomic mass is 32.1. The van der Waals surface area contributed by atoms with Gasteiger partial charge in [0.15, 0.2) is 0 Å². The Hall–Kier alpha value is -4.12. The van der Waals surface area contributed by atoms with Crippen LogP contribution >= 0.6 is 22.7 Å². The SMILES string of the molecule is C=Cc1c(C=C)n(-c2ccc(-c3ccc(-n4c5ccccc5c5ccccc54)s3)s2)c2ccccc12. The minimum Gasteiger partial charge on any atom is -0.301 e. The zero-order valence-corrected chi connectivity index (χ0v) is 21.2. The zero-order chi connectivity index (χ0) is 24.2. The minimum atomic E-state index is 1.08. The molecule has 0 aliphatic rings. The van der Waals surface area contributed by atoms with Crippen LogP contribution in [0.2, 0.25) is 0 Å². The van der Waals surface area contributed by atoms with Gasteiger partial charge >= 0.3 is 0 Å². The molecule has 3 aromatic carbocycles. The summed E-state index contributed by atoms with van der Waals surface area (Å²) >= 11 is 3.64. The molecule has 0 unspecified atom stereocenters. The number of aromatic nitrogens is 2. The van der Waals surface area contributed by atoms with E-state index in [4.69, 9.17) is 0 Å². The molecule has 172 valence electrons. The highest BCUT2D eigenvalue weighted by Gasteiger charge is 2.17. The van der Waals surface area contributed by atoms with E-state index in [-0.39, 0.29) is 0 Å². The van der Waals surface area contributed by atoms with Crippen LogP contribution in [-0.4, -0.2) is 9.13 Å². The second-order valence-corrected chi connectivity index (χ2v) is 10.8. The highest BCUT2D eigenvalue weighted by molar-refractivity contribution is 7.24. The van der Waals surface area contributed by atoms with Crippen LogP contribution in [0.15, 0.2) is 110 Å². The first-order valence-corrected chi connectivity index (χ1v) is 13.5. The summed E-state index contributed by atoms with van der Waals surface area (Å²) in [6.45, 7) is 8.16. The van der Waals surface area contributed by atoms with Crippen LogP contribution in [0.4, 0.5) is 0 Å². The second kappa shape index (κ2) is 8.23. The van der Waals surface area contributed by atoms with E-state index in [1.54, 1.807) is 0 Å². The van der Waals surface area contributed by atoms with Gasteiger partial charge in [-0.1, -0.05) is 73.8 Å². The summed E-state index contributed by atoms with van der Waals surface area (Å²) in [4.78, 5) is 2.53. The van der Waals surface area contributed by atoms with Crippen molar-refractivity contribution >= 4 is 67.5 Å².